The summed E-state index contributed by atoms with van der Waals surface area (Å²) in [5.74, 6) is 0.915. The monoisotopic (exact) mass is 415 g/mol. The van der Waals surface area contributed by atoms with Gasteiger partial charge in [-0.05, 0) is 31.4 Å². The van der Waals surface area contributed by atoms with Crippen LogP contribution in [-0.4, -0.2) is 13.2 Å². The third kappa shape index (κ3) is 4.84. The van der Waals surface area contributed by atoms with E-state index < -0.39 is 0 Å². The van der Waals surface area contributed by atoms with Crippen molar-refractivity contribution < 1.29 is 9.47 Å². The van der Waals surface area contributed by atoms with Crippen LogP contribution in [0.4, 0.5) is 5.69 Å². The fourth-order valence-corrected chi connectivity index (χ4v) is 3.79. The average Bonchev–Trinajstić information content (AvgIpc) is 2.67. The van der Waals surface area contributed by atoms with Crippen LogP contribution in [0.1, 0.15) is 38.3 Å². The lowest BCUT2D eigenvalue weighted by molar-refractivity contribution is 0.286. The molecule has 0 amide bonds. The first-order chi connectivity index (χ1) is 13.4. The lowest BCUT2D eigenvalue weighted by Crippen LogP contribution is -2.07. The van der Waals surface area contributed by atoms with Gasteiger partial charge in [0.25, 0.3) is 0 Å². The Hall–Kier alpha value is -2.54. The topological polar surface area (TPSA) is 92.1 Å². The predicted molar refractivity (Wildman–Crippen MR) is 112 cm³/mol. The highest BCUT2D eigenvalue weighted by Gasteiger charge is 2.27. The van der Waals surface area contributed by atoms with Gasteiger partial charge in [0, 0.05) is 10.6 Å². The SMILES string of the molecule is CCOc1c(C#N)c(C#N)c(OCCC(C)C)c(Cl)c1Sc1ccccc1N. The minimum absolute atomic E-state index is 0.0880. The van der Waals surface area contributed by atoms with Crippen LogP contribution in [0.25, 0.3) is 0 Å². The van der Waals surface area contributed by atoms with E-state index in [1.807, 2.05) is 24.3 Å². The van der Waals surface area contributed by atoms with Crippen molar-refractivity contribution in [2.75, 3.05) is 18.9 Å². The van der Waals surface area contributed by atoms with Gasteiger partial charge in [0.2, 0.25) is 0 Å². The molecular formula is C21H22ClN3O2S. The van der Waals surface area contributed by atoms with Crippen LogP contribution < -0.4 is 15.2 Å². The van der Waals surface area contributed by atoms with Crippen LogP contribution in [0, 0.1) is 28.6 Å². The first-order valence-corrected chi connectivity index (χ1v) is 10.1. The zero-order chi connectivity index (χ0) is 20.7. The van der Waals surface area contributed by atoms with Gasteiger partial charge < -0.3 is 15.2 Å². The summed E-state index contributed by atoms with van der Waals surface area (Å²) < 4.78 is 11.6. The number of nitrogens with two attached hydrogens (primary N) is 1. The van der Waals surface area contributed by atoms with Gasteiger partial charge in [-0.15, -0.1) is 0 Å². The summed E-state index contributed by atoms with van der Waals surface area (Å²) in [6.07, 6.45) is 0.796. The van der Waals surface area contributed by atoms with Crippen molar-refractivity contribution in [1.29, 1.82) is 10.5 Å². The molecule has 2 aromatic rings. The third-order valence-electron chi connectivity index (χ3n) is 3.89. The molecule has 0 fully saturated rings. The van der Waals surface area contributed by atoms with Crippen molar-refractivity contribution in [1.82, 2.24) is 0 Å². The summed E-state index contributed by atoms with van der Waals surface area (Å²) in [5, 5.41) is 19.6. The molecule has 5 nitrogen and oxygen atoms in total. The highest BCUT2D eigenvalue weighted by molar-refractivity contribution is 7.99. The molecule has 0 spiro atoms. The molecule has 0 saturated heterocycles. The number of nitrogen functional groups attached to an aromatic ring is 1. The standard InChI is InChI=1S/C21H22ClN3O2S/c1-4-26-20-15(12-24)14(11-23)19(27-10-9-13(2)3)18(22)21(20)28-17-8-6-5-7-16(17)25/h5-8,13H,4,9-10,25H2,1-3H3. The highest BCUT2D eigenvalue weighted by atomic mass is 35.5. The number of para-hydroxylation sites is 1. The molecule has 2 N–H and O–H groups in total. The normalized spacial score (nSPS) is 10.4. The molecule has 0 atom stereocenters. The van der Waals surface area contributed by atoms with E-state index in [9.17, 15) is 10.5 Å². The number of halogens is 1. The summed E-state index contributed by atoms with van der Waals surface area (Å²) in [5.41, 5.74) is 6.85. The number of hydrogen-bond acceptors (Lipinski definition) is 6. The van der Waals surface area contributed by atoms with Crippen LogP contribution in [0.3, 0.4) is 0 Å². The largest absolute Gasteiger partial charge is 0.491 e. The molecule has 0 bridgehead atoms. The van der Waals surface area contributed by atoms with Crippen molar-refractivity contribution in [2.24, 2.45) is 5.92 Å². The molecule has 0 aliphatic carbocycles. The van der Waals surface area contributed by atoms with Gasteiger partial charge in [-0.25, -0.2) is 0 Å². The minimum atomic E-state index is 0.0880. The number of nitrogens with zero attached hydrogens (tertiary/aromatic N) is 2. The number of anilines is 1. The van der Waals surface area contributed by atoms with Gasteiger partial charge in [-0.3, -0.25) is 0 Å². The highest BCUT2D eigenvalue weighted by Crippen LogP contribution is 2.49. The van der Waals surface area contributed by atoms with Crippen molar-refractivity contribution in [3.05, 3.63) is 40.4 Å². The maximum absolute atomic E-state index is 9.72. The van der Waals surface area contributed by atoms with Gasteiger partial charge in [-0.2, -0.15) is 10.5 Å². The van der Waals surface area contributed by atoms with Gasteiger partial charge in [-0.1, -0.05) is 49.3 Å². The van der Waals surface area contributed by atoms with E-state index in [4.69, 9.17) is 26.8 Å². The Labute approximate surface area is 175 Å². The van der Waals surface area contributed by atoms with E-state index in [1.165, 1.54) is 11.8 Å². The molecule has 0 saturated carbocycles. The molecule has 0 aliphatic heterocycles. The number of benzene rings is 2. The second kappa shape index (κ2) is 10.1. The maximum atomic E-state index is 9.72. The zero-order valence-electron chi connectivity index (χ0n) is 16.1. The number of rotatable bonds is 8. The number of nitriles is 2. The second-order valence-corrected chi connectivity index (χ2v) is 7.81. The van der Waals surface area contributed by atoms with Crippen molar-refractivity contribution in [3.63, 3.8) is 0 Å². The third-order valence-corrected chi connectivity index (χ3v) is 5.55. The fraction of sp³-hybridized carbons (Fsp3) is 0.333. The van der Waals surface area contributed by atoms with E-state index in [0.29, 0.717) is 29.7 Å². The summed E-state index contributed by atoms with van der Waals surface area (Å²) in [6.45, 7) is 6.67. The Bertz CT molecular complexity index is 933. The second-order valence-electron chi connectivity index (χ2n) is 6.38. The van der Waals surface area contributed by atoms with Gasteiger partial charge in [0.1, 0.15) is 28.3 Å². The Balaban J connectivity index is 2.65. The van der Waals surface area contributed by atoms with Crippen molar-refractivity contribution in [3.8, 4) is 23.6 Å². The quantitative estimate of drug-likeness (QED) is 0.560. The Morgan fingerprint density at radius 2 is 1.75 bits per heavy atom. The molecule has 2 rings (SSSR count). The fourth-order valence-electron chi connectivity index (χ4n) is 2.46. The smallest absolute Gasteiger partial charge is 0.158 e. The molecular weight excluding hydrogens is 394 g/mol. The Morgan fingerprint density at radius 3 is 2.32 bits per heavy atom. The van der Waals surface area contributed by atoms with E-state index in [1.54, 1.807) is 13.0 Å². The molecule has 0 radical (unpaired) electrons. The Kier molecular flexibility index (Phi) is 7.87. The number of hydrogen-bond donors (Lipinski definition) is 1. The minimum Gasteiger partial charge on any atom is -0.491 e. The first-order valence-electron chi connectivity index (χ1n) is 8.92. The molecule has 0 aromatic heterocycles. The summed E-state index contributed by atoms with van der Waals surface area (Å²) >= 11 is 7.94. The van der Waals surface area contributed by atoms with Crippen molar-refractivity contribution >= 4 is 29.1 Å². The van der Waals surface area contributed by atoms with E-state index in [0.717, 1.165) is 11.3 Å². The molecule has 146 valence electrons. The lowest BCUT2D eigenvalue weighted by Gasteiger charge is -2.19. The van der Waals surface area contributed by atoms with Crippen LogP contribution >= 0.6 is 23.4 Å². The number of ether oxygens (including phenoxy) is 2. The molecule has 0 unspecified atom stereocenters. The maximum Gasteiger partial charge on any atom is 0.158 e. The first kappa shape index (κ1) is 21.8. The van der Waals surface area contributed by atoms with Gasteiger partial charge in [0.15, 0.2) is 11.5 Å². The van der Waals surface area contributed by atoms with Gasteiger partial charge in [0.05, 0.1) is 18.1 Å². The van der Waals surface area contributed by atoms with Crippen LogP contribution in [0.5, 0.6) is 11.5 Å². The summed E-state index contributed by atoms with van der Waals surface area (Å²) in [4.78, 5) is 1.28. The molecule has 0 heterocycles. The van der Waals surface area contributed by atoms with Crippen LogP contribution in [-0.2, 0) is 0 Å². The van der Waals surface area contributed by atoms with Crippen molar-refractivity contribution in [2.45, 2.75) is 37.0 Å². The average molecular weight is 416 g/mol. The molecule has 28 heavy (non-hydrogen) atoms. The summed E-state index contributed by atoms with van der Waals surface area (Å²) in [6, 6.07) is 11.5. The molecule has 0 aliphatic rings. The zero-order valence-corrected chi connectivity index (χ0v) is 17.7. The van der Waals surface area contributed by atoms with E-state index in [-0.39, 0.29) is 27.6 Å². The van der Waals surface area contributed by atoms with Crippen LogP contribution in [0.15, 0.2) is 34.1 Å². The molecule has 7 heteroatoms. The Morgan fingerprint density at radius 1 is 1.11 bits per heavy atom. The predicted octanol–water partition coefficient (Wildman–Crippen LogP) is 5.64. The lowest BCUT2D eigenvalue weighted by atomic mass is 10.1. The van der Waals surface area contributed by atoms with Crippen LogP contribution in [0.2, 0.25) is 5.02 Å². The van der Waals surface area contributed by atoms with E-state index in [2.05, 4.69) is 19.9 Å². The molecule has 2 aromatic carbocycles. The van der Waals surface area contributed by atoms with E-state index >= 15 is 0 Å². The summed E-state index contributed by atoms with van der Waals surface area (Å²) in [7, 11) is 0. The van der Waals surface area contributed by atoms with Gasteiger partial charge >= 0.3 is 0 Å².